The molecule has 0 bridgehead atoms. The van der Waals surface area contributed by atoms with Crippen molar-refractivity contribution in [1.29, 1.82) is 0 Å². The minimum absolute atomic E-state index is 0.377. The number of benzene rings is 6. The van der Waals surface area contributed by atoms with E-state index in [-0.39, 0.29) is 55.0 Å². The molecule has 0 aliphatic carbocycles. The van der Waals surface area contributed by atoms with Gasteiger partial charge in [-0.3, -0.25) is 0 Å². The van der Waals surface area contributed by atoms with Crippen molar-refractivity contribution in [3.05, 3.63) is 179 Å². The molecule has 0 amide bonds. The molecule has 0 unspecified atom stereocenters. The van der Waals surface area contributed by atoms with Gasteiger partial charge >= 0.3 is 21.4 Å². The smallest absolute Gasteiger partial charge is 0.399 e. The van der Waals surface area contributed by atoms with Crippen molar-refractivity contribution in [2.45, 2.75) is 117 Å². The van der Waals surface area contributed by atoms with E-state index in [4.69, 9.17) is 27.9 Å². The summed E-state index contributed by atoms with van der Waals surface area (Å²) in [6.45, 7) is 25.0. The molecule has 3 aliphatic rings. The predicted molar refractivity (Wildman–Crippen MR) is 294 cm³/mol. The first-order valence-corrected chi connectivity index (χ1v) is 24.6. The predicted octanol–water partition coefficient (Wildman–Crippen LogP) is 12.6. The van der Waals surface area contributed by atoms with Crippen LogP contribution in [-0.2, 0) is 27.9 Å². The minimum atomic E-state index is -0.380. The lowest BCUT2D eigenvalue weighted by Gasteiger charge is -2.32. The Balaban J connectivity index is 0.913. The van der Waals surface area contributed by atoms with Crippen LogP contribution in [0.2, 0.25) is 0 Å². The van der Waals surface area contributed by atoms with Crippen LogP contribution in [0.4, 0.5) is 17.1 Å². The zero-order valence-corrected chi connectivity index (χ0v) is 42.9. The van der Waals surface area contributed by atoms with E-state index in [2.05, 4.69) is 270 Å². The lowest BCUT2D eigenvalue weighted by Crippen LogP contribution is -2.41. The van der Waals surface area contributed by atoms with Crippen LogP contribution in [0.3, 0.4) is 0 Å². The molecular formula is C60H66B3NO6. The second-order valence-corrected chi connectivity index (χ2v) is 21.9. The Labute approximate surface area is 418 Å². The Kier molecular flexibility index (Phi) is 13.2. The van der Waals surface area contributed by atoms with Crippen LogP contribution >= 0.6 is 0 Å². The molecule has 3 saturated heterocycles. The van der Waals surface area contributed by atoms with Gasteiger partial charge in [-0.05, 0) is 169 Å². The van der Waals surface area contributed by atoms with Gasteiger partial charge in [-0.25, -0.2) is 0 Å². The van der Waals surface area contributed by atoms with Gasteiger partial charge in [0, 0.05) is 17.1 Å². The van der Waals surface area contributed by atoms with Gasteiger partial charge < -0.3 is 32.8 Å². The number of hydrogen-bond donors (Lipinski definition) is 0. The lowest BCUT2D eigenvalue weighted by atomic mass is 9.79. The fourth-order valence-electron chi connectivity index (χ4n) is 8.46. The highest BCUT2D eigenvalue weighted by Crippen LogP contribution is 2.40. The van der Waals surface area contributed by atoms with E-state index >= 15 is 0 Å². The number of rotatable bonds is 12. The highest BCUT2D eigenvalue weighted by molar-refractivity contribution is 6.63. The van der Waals surface area contributed by atoms with Crippen LogP contribution in [-0.4, -0.2) is 55.0 Å². The molecule has 0 spiro atoms. The summed E-state index contributed by atoms with van der Waals surface area (Å²) in [6, 6.07) is 51.3. The summed E-state index contributed by atoms with van der Waals surface area (Å²) in [5, 5.41) is 0. The third kappa shape index (κ3) is 10.4. The second-order valence-electron chi connectivity index (χ2n) is 21.9. The van der Waals surface area contributed by atoms with Gasteiger partial charge in [0.25, 0.3) is 0 Å². The molecule has 3 aliphatic heterocycles. The standard InChI is InChI=1S/C60H66B3NO6/c1-55(2)56(3,4)66-61(65-55)49-31-19-43(20-32-49)13-16-46-25-37-52(38-26-46)64(53-39-27-47(28-40-53)17-14-44-21-33-50(34-22-44)62-67-57(5,6)58(7,8)68-62)54-41-29-48(30-42-54)18-15-45-23-35-51(36-24-45)63-69-59(9,10)60(11,12)70-63/h13-42H,1-12H3. The molecule has 0 atom stereocenters. The van der Waals surface area contributed by atoms with Crippen molar-refractivity contribution >= 4 is 91.3 Å². The summed E-state index contributed by atoms with van der Waals surface area (Å²) < 4.78 is 37.6. The summed E-state index contributed by atoms with van der Waals surface area (Å²) in [6.07, 6.45) is 12.9. The fourth-order valence-corrected chi connectivity index (χ4v) is 8.46. The molecule has 6 aromatic carbocycles. The van der Waals surface area contributed by atoms with E-state index in [1.165, 1.54) is 0 Å². The van der Waals surface area contributed by atoms with Gasteiger partial charge in [0.2, 0.25) is 0 Å². The molecule has 0 radical (unpaired) electrons. The van der Waals surface area contributed by atoms with Crippen molar-refractivity contribution in [2.24, 2.45) is 0 Å². The minimum Gasteiger partial charge on any atom is -0.399 e. The molecule has 70 heavy (non-hydrogen) atoms. The first-order valence-electron chi connectivity index (χ1n) is 24.6. The Morgan fingerprint density at radius 2 is 0.414 bits per heavy atom. The molecule has 0 N–H and O–H groups in total. The maximum Gasteiger partial charge on any atom is 0.494 e. The summed E-state index contributed by atoms with van der Waals surface area (Å²) in [5.41, 5.74) is 10.6. The number of nitrogens with zero attached hydrogens (tertiary/aromatic N) is 1. The Hall–Kier alpha value is -5.71. The van der Waals surface area contributed by atoms with Crippen molar-refractivity contribution in [1.82, 2.24) is 0 Å². The van der Waals surface area contributed by atoms with Crippen LogP contribution < -0.4 is 21.3 Å². The summed E-state index contributed by atoms with van der Waals surface area (Å²) >= 11 is 0. The summed E-state index contributed by atoms with van der Waals surface area (Å²) in [4.78, 5) is 2.30. The average Bonchev–Trinajstić information content (AvgIpc) is 3.80. The highest BCUT2D eigenvalue weighted by atomic mass is 16.7. The van der Waals surface area contributed by atoms with E-state index in [1.54, 1.807) is 0 Å². The van der Waals surface area contributed by atoms with Crippen LogP contribution in [0, 0.1) is 0 Å². The van der Waals surface area contributed by atoms with Crippen LogP contribution in [0.25, 0.3) is 36.5 Å². The topological polar surface area (TPSA) is 58.6 Å². The molecule has 0 aromatic heterocycles. The van der Waals surface area contributed by atoms with Crippen molar-refractivity contribution in [3.8, 4) is 0 Å². The molecular weight excluding hydrogens is 863 g/mol. The van der Waals surface area contributed by atoms with E-state index in [0.717, 1.165) is 66.8 Å². The Morgan fingerprint density at radius 1 is 0.257 bits per heavy atom. The first-order chi connectivity index (χ1) is 33.1. The van der Waals surface area contributed by atoms with E-state index in [0.29, 0.717) is 0 Å². The average molecular weight is 930 g/mol. The van der Waals surface area contributed by atoms with Gasteiger partial charge in [-0.15, -0.1) is 0 Å². The largest absolute Gasteiger partial charge is 0.494 e. The third-order valence-electron chi connectivity index (χ3n) is 15.2. The van der Waals surface area contributed by atoms with E-state index in [9.17, 15) is 0 Å². The fraction of sp³-hybridized carbons (Fsp3) is 0.300. The van der Waals surface area contributed by atoms with Gasteiger partial charge in [-0.1, -0.05) is 146 Å². The summed E-state index contributed by atoms with van der Waals surface area (Å²) in [7, 11) is -1.14. The molecule has 6 aromatic rings. The lowest BCUT2D eigenvalue weighted by molar-refractivity contribution is 0.00578. The molecule has 10 heteroatoms. The van der Waals surface area contributed by atoms with Gasteiger partial charge in [0.05, 0.1) is 33.6 Å². The number of hydrogen-bond acceptors (Lipinski definition) is 7. The van der Waals surface area contributed by atoms with Crippen LogP contribution in [0.1, 0.15) is 116 Å². The zero-order valence-electron chi connectivity index (χ0n) is 42.9. The molecule has 7 nitrogen and oxygen atoms in total. The maximum absolute atomic E-state index is 6.27. The zero-order chi connectivity index (χ0) is 49.7. The monoisotopic (exact) mass is 930 g/mol. The van der Waals surface area contributed by atoms with Crippen LogP contribution in [0.5, 0.6) is 0 Å². The molecule has 3 heterocycles. The van der Waals surface area contributed by atoms with Crippen molar-refractivity contribution < 1.29 is 27.9 Å². The van der Waals surface area contributed by atoms with Gasteiger partial charge in [0.15, 0.2) is 0 Å². The van der Waals surface area contributed by atoms with Crippen molar-refractivity contribution in [3.63, 3.8) is 0 Å². The van der Waals surface area contributed by atoms with Crippen LogP contribution in [0.15, 0.2) is 146 Å². The Morgan fingerprint density at radius 3 is 0.586 bits per heavy atom. The van der Waals surface area contributed by atoms with E-state index < -0.39 is 0 Å². The molecule has 356 valence electrons. The van der Waals surface area contributed by atoms with E-state index in [1.807, 2.05) is 0 Å². The third-order valence-corrected chi connectivity index (χ3v) is 15.2. The normalized spacial score (nSPS) is 19.8. The quantitative estimate of drug-likeness (QED) is 0.0895. The summed E-state index contributed by atoms with van der Waals surface area (Å²) in [5.74, 6) is 0. The second kappa shape index (κ2) is 18.8. The number of anilines is 3. The first kappa shape index (κ1) is 49.3. The molecule has 3 fully saturated rings. The molecule has 0 saturated carbocycles. The SMILES string of the molecule is CC1(C)OB(c2ccc(C=Cc3ccc(N(c4ccc(C=Cc5ccc(B6OC(C)(C)C(C)(C)O6)cc5)cc4)c4ccc(C=Cc5ccc(B6OC(C)(C)C(C)(C)O6)cc5)cc4)cc3)cc2)OC1(C)C. The highest BCUT2D eigenvalue weighted by Gasteiger charge is 2.53. The van der Waals surface area contributed by atoms with Gasteiger partial charge in [0.1, 0.15) is 0 Å². The maximum atomic E-state index is 6.27. The van der Waals surface area contributed by atoms with Gasteiger partial charge in [-0.2, -0.15) is 0 Å². The Bertz CT molecular complexity index is 2500. The molecule has 9 rings (SSSR count). The van der Waals surface area contributed by atoms with Crippen molar-refractivity contribution in [2.75, 3.05) is 4.90 Å².